The molecule has 0 saturated carbocycles. The topological polar surface area (TPSA) is 6.48 Å². The van der Waals surface area contributed by atoms with Crippen molar-refractivity contribution in [2.24, 2.45) is 0 Å². The van der Waals surface area contributed by atoms with Crippen LogP contribution in [0.2, 0.25) is 0 Å². The first-order valence-electron chi connectivity index (χ1n) is 24.3. The Labute approximate surface area is 401 Å². The summed E-state index contributed by atoms with van der Waals surface area (Å²) in [7, 11) is 0. The lowest BCUT2D eigenvalue weighted by atomic mass is 9.55. The average molecular weight is 875 g/mol. The SMILES string of the molecule is CC(C)(C)c1cc2c(c(C(C)(C)C)c1)C1(c3ccccc3N2c2ccc(-c3ccccc3)cc2)c2ccccc2N(c2ccc(-c3ccccc3)cc2)c2cc(C(C)(C)C)cc(C(C)(C)C)c21. The van der Waals surface area contributed by atoms with Gasteiger partial charge in [0.15, 0.2) is 0 Å². The molecule has 0 unspecified atom stereocenters. The van der Waals surface area contributed by atoms with E-state index < -0.39 is 5.41 Å². The van der Waals surface area contributed by atoms with Crippen LogP contribution >= 0.6 is 0 Å². The van der Waals surface area contributed by atoms with Crippen molar-refractivity contribution >= 4 is 34.1 Å². The summed E-state index contributed by atoms with van der Waals surface area (Å²) < 4.78 is 0. The Hall–Kier alpha value is -6.64. The Morgan fingerprint density at radius 2 is 0.612 bits per heavy atom. The lowest BCUT2D eigenvalue weighted by molar-refractivity contribution is 0.536. The Morgan fingerprint density at radius 1 is 0.299 bits per heavy atom. The molecule has 0 amide bonds. The highest BCUT2D eigenvalue weighted by Crippen LogP contribution is 2.67. The van der Waals surface area contributed by atoms with Crippen LogP contribution in [-0.4, -0.2) is 0 Å². The van der Waals surface area contributed by atoms with E-state index in [1.165, 1.54) is 89.5 Å². The minimum absolute atomic E-state index is 0.106. The molecule has 2 aliphatic heterocycles. The van der Waals surface area contributed by atoms with Crippen molar-refractivity contribution in [2.75, 3.05) is 9.80 Å². The number of rotatable bonds is 4. The third kappa shape index (κ3) is 7.32. The predicted molar refractivity (Wildman–Crippen MR) is 287 cm³/mol. The summed E-state index contributed by atoms with van der Waals surface area (Å²) in [5, 5.41) is 0. The van der Waals surface area contributed by atoms with Gasteiger partial charge in [-0.3, -0.25) is 0 Å². The van der Waals surface area contributed by atoms with Gasteiger partial charge in [-0.1, -0.05) is 217 Å². The highest BCUT2D eigenvalue weighted by atomic mass is 15.2. The molecule has 2 heteroatoms. The molecule has 0 saturated heterocycles. The molecule has 10 rings (SSSR count). The lowest BCUT2D eigenvalue weighted by Crippen LogP contribution is -2.45. The van der Waals surface area contributed by atoms with Crippen LogP contribution in [0.3, 0.4) is 0 Å². The largest absolute Gasteiger partial charge is 0.310 e. The summed E-state index contributed by atoms with van der Waals surface area (Å²) >= 11 is 0. The summed E-state index contributed by atoms with van der Waals surface area (Å²) in [5.41, 5.74) is 21.4. The van der Waals surface area contributed by atoms with Crippen LogP contribution in [0.25, 0.3) is 22.3 Å². The molecule has 0 fully saturated rings. The predicted octanol–water partition coefficient (Wildman–Crippen LogP) is 18.2. The first kappa shape index (κ1) is 44.2. The van der Waals surface area contributed by atoms with E-state index in [1.807, 2.05) is 0 Å². The summed E-state index contributed by atoms with van der Waals surface area (Å²) in [4.78, 5) is 5.18. The first-order chi connectivity index (χ1) is 31.8. The maximum absolute atomic E-state index is 2.59. The van der Waals surface area contributed by atoms with E-state index in [1.54, 1.807) is 0 Å². The standard InChI is InChI=1S/C65H66N2/c1-61(2,3)47-39-53(63(7,8)9)59-57(41-47)66(49-35-31-45(32-36-49)43-23-15-13-16-24-43)55-29-21-19-27-51(55)65(59)52-28-20-22-30-56(52)67(50-37-33-46(34-38-50)44-25-17-14-18-26-44)58-42-48(62(4,5)6)40-54(60(58)65)64(10,11)12/h13-42H,1-12H3. The van der Waals surface area contributed by atoms with Crippen molar-refractivity contribution in [3.8, 4) is 22.3 Å². The van der Waals surface area contributed by atoms with Gasteiger partial charge >= 0.3 is 0 Å². The fourth-order valence-electron chi connectivity index (χ4n) is 10.9. The Kier molecular flexibility index (Phi) is 10.4. The van der Waals surface area contributed by atoms with Crippen molar-refractivity contribution in [1.29, 1.82) is 0 Å². The minimum atomic E-state index is -0.711. The lowest BCUT2D eigenvalue weighted by Gasteiger charge is -2.54. The molecule has 0 atom stereocenters. The van der Waals surface area contributed by atoms with Gasteiger partial charge in [-0.15, -0.1) is 0 Å². The third-order valence-electron chi connectivity index (χ3n) is 14.4. The maximum atomic E-state index is 2.59. The van der Waals surface area contributed by atoms with Crippen LogP contribution in [-0.2, 0) is 27.1 Å². The van der Waals surface area contributed by atoms with Crippen molar-refractivity contribution in [2.45, 2.75) is 110 Å². The monoisotopic (exact) mass is 875 g/mol. The van der Waals surface area contributed by atoms with Crippen LogP contribution in [0.1, 0.15) is 128 Å². The molecule has 8 aromatic rings. The van der Waals surface area contributed by atoms with E-state index in [2.05, 4.69) is 275 Å². The molecule has 0 aliphatic carbocycles. The van der Waals surface area contributed by atoms with Gasteiger partial charge in [-0.25, -0.2) is 0 Å². The number of para-hydroxylation sites is 2. The molecule has 0 N–H and O–H groups in total. The molecule has 1 spiro atoms. The number of hydrogen-bond donors (Lipinski definition) is 0. The molecule has 2 heterocycles. The minimum Gasteiger partial charge on any atom is -0.310 e. The van der Waals surface area contributed by atoms with Crippen LogP contribution < -0.4 is 9.80 Å². The molecule has 8 aromatic carbocycles. The van der Waals surface area contributed by atoms with Gasteiger partial charge in [0.2, 0.25) is 0 Å². The molecule has 2 nitrogen and oxygen atoms in total. The molecule has 0 aromatic heterocycles. The van der Waals surface area contributed by atoms with E-state index in [0.29, 0.717) is 0 Å². The Balaban J connectivity index is 1.38. The fourth-order valence-corrected chi connectivity index (χ4v) is 10.9. The number of fused-ring (bicyclic) bond motifs is 8. The number of hydrogen-bond acceptors (Lipinski definition) is 2. The highest BCUT2D eigenvalue weighted by Gasteiger charge is 2.56. The smallest absolute Gasteiger partial charge is 0.0788 e. The van der Waals surface area contributed by atoms with E-state index >= 15 is 0 Å². The average Bonchev–Trinajstić information content (AvgIpc) is 3.30. The summed E-state index contributed by atoms with van der Waals surface area (Å²) in [6.45, 7) is 28.7. The second-order valence-electron chi connectivity index (χ2n) is 23.1. The van der Waals surface area contributed by atoms with Gasteiger partial charge < -0.3 is 9.80 Å². The normalized spacial score (nSPS) is 14.3. The molecule has 336 valence electrons. The van der Waals surface area contributed by atoms with E-state index in [-0.39, 0.29) is 21.7 Å². The van der Waals surface area contributed by atoms with Gasteiger partial charge in [0.05, 0.1) is 28.2 Å². The second kappa shape index (κ2) is 15.7. The van der Waals surface area contributed by atoms with Crippen LogP contribution in [0.15, 0.2) is 182 Å². The van der Waals surface area contributed by atoms with Gasteiger partial charge in [0.1, 0.15) is 0 Å². The molecule has 2 aliphatic rings. The van der Waals surface area contributed by atoms with Crippen LogP contribution in [0.4, 0.5) is 34.1 Å². The van der Waals surface area contributed by atoms with Crippen molar-refractivity contribution < 1.29 is 0 Å². The summed E-state index contributed by atoms with van der Waals surface area (Å²) in [6, 6.07) is 68.9. The Bertz CT molecular complexity index is 2910. The van der Waals surface area contributed by atoms with E-state index in [4.69, 9.17) is 0 Å². The first-order valence-corrected chi connectivity index (χ1v) is 24.3. The van der Waals surface area contributed by atoms with Crippen molar-refractivity contribution in [3.05, 3.63) is 226 Å². The van der Waals surface area contributed by atoms with Gasteiger partial charge in [0.25, 0.3) is 0 Å². The second-order valence-corrected chi connectivity index (χ2v) is 23.1. The van der Waals surface area contributed by atoms with Gasteiger partial charge in [0, 0.05) is 11.4 Å². The maximum Gasteiger partial charge on any atom is 0.0788 e. The van der Waals surface area contributed by atoms with Crippen molar-refractivity contribution in [1.82, 2.24) is 0 Å². The van der Waals surface area contributed by atoms with Gasteiger partial charge in [-0.05, 0) is 137 Å². The highest BCUT2D eigenvalue weighted by molar-refractivity contribution is 5.98. The number of benzene rings is 8. The number of nitrogens with zero attached hydrogens (tertiary/aromatic N) is 2. The zero-order valence-corrected chi connectivity index (χ0v) is 41.7. The van der Waals surface area contributed by atoms with Crippen LogP contribution in [0.5, 0.6) is 0 Å². The zero-order chi connectivity index (χ0) is 47.3. The number of anilines is 6. The Morgan fingerprint density at radius 3 is 0.940 bits per heavy atom. The fraction of sp³-hybridized carbons (Fsp3) is 0.262. The molecule has 0 bridgehead atoms. The summed E-state index contributed by atoms with van der Waals surface area (Å²) in [6.07, 6.45) is 0. The van der Waals surface area contributed by atoms with Gasteiger partial charge in [-0.2, -0.15) is 0 Å². The van der Waals surface area contributed by atoms with E-state index in [0.717, 1.165) is 11.4 Å². The molecule has 67 heavy (non-hydrogen) atoms. The molecular formula is C65H66N2. The summed E-state index contributed by atoms with van der Waals surface area (Å²) in [5.74, 6) is 0. The molecular weight excluding hydrogens is 809 g/mol. The zero-order valence-electron chi connectivity index (χ0n) is 41.7. The van der Waals surface area contributed by atoms with E-state index in [9.17, 15) is 0 Å². The third-order valence-corrected chi connectivity index (χ3v) is 14.4. The van der Waals surface area contributed by atoms with Crippen LogP contribution in [0, 0.1) is 0 Å². The quantitative estimate of drug-likeness (QED) is 0.174. The van der Waals surface area contributed by atoms with Crippen molar-refractivity contribution in [3.63, 3.8) is 0 Å². The molecule has 0 radical (unpaired) electrons.